The fraction of sp³-hybridized carbons (Fsp3) is 0.417. The first-order valence-electron chi connectivity index (χ1n) is 5.14. The standard InChI is InChI=1S/C12H16N2O/c1-8(2)9-5-6-10-11(7-9)14(3)13-12(10)15-4/h5-8H,1-4H3. The minimum Gasteiger partial charge on any atom is -0.479 e. The molecule has 0 spiro atoms. The van der Waals surface area contributed by atoms with Gasteiger partial charge in [0.15, 0.2) is 0 Å². The van der Waals surface area contributed by atoms with E-state index in [1.54, 1.807) is 7.11 Å². The summed E-state index contributed by atoms with van der Waals surface area (Å²) in [6.45, 7) is 4.38. The summed E-state index contributed by atoms with van der Waals surface area (Å²) >= 11 is 0. The van der Waals surface area contributed by atoms with Crippen molar-refractivity contribution in [3.05, 3.63) is 23.8 Å². The summed E-state index contributed by atoms with van der Waals surface area (Å²) in [4.78, 5) is 0. The van der Waals surface area contributed by atoms with Crippen molar-refractivity contribution in [2.24, 2.45) is 7.05 Å². The highest BCUT2D eigenvalue weighted by Crippen LogP contribution is 2.27. The van der Waals surface area contributed by atoms with Crippen LogP contribution in [0.4, 0.5) is 0 Å². The van der Waals surface area contributed by atoms with Crippen LogP contribution in [0.5, 0.6) is 5.88 Å². The Morgan fingerprint density at radius 3 is 2.67 bits per heavy atom. The second kappa shape index (κ2) is 3.57. The van der Waals surface area contributed by atoms with E-state index >= 15 is 0 Å². The molecule has 3 heteroatoms. The molecule has 15 heavy (non-hydrogen) atoms. The predicted octanol–water partition coefficient (Wildman–Crippen LogP) is 2.71. The van der Waals surface area contributed by atoms with Gasteiger partial charge < -0.3 is 4.74 Å². The lowest BCUT2D eigenvalue weighted by Crippen LogP contribution is -1.92. The fourth-order valence-electron chi connectivity index (χ4n) is 1.75. The van der Waals surface area contributed by atoms with Gasteiger partial charge in [-0.05, 0) is 23.6 Å². The first-order chi connectivity index (χ1) is 7.13. The highest BCUT2D eigenvalue weighted by molar-refractivity contribution is 5.85. The zero-order chi connectivity index (χ0) is 11.0. The molecule has 1 aromatic carbocycles. The van der Waals surface area contributed by atoms with E-state index in [9.17, 15) is 0 Å². The Morgan fingerprint density at radius 1 is 1.33 bits per heavy atom. The maximum absolute atomic E-state index is 5.22. The van der Waals surface area contributed by atoms with E-state index in [1.807, 2.05) is 11.7 Å². The van der Waals surface area contributed by atoms with E-state index in [4.69, 9.17) is 4.74 Å². The molecule has 0 unspecified atom stereocenters. The molecule has 3 nitrogen and oxygen atoms in total. The third kappa shape index (κ3) is 1.58. The van der Waals surface area contributed by atoms with Crippen molar-refractivity contribution in [2.45, 2.75) is 19.8 Å². The van der Waals surface area contributed by atoms with Crippen LogP contribution in [0.15, 0.2) is 18.2 Å². The largest absolute Gasteiger partial charge is 0.479 e. The van der Waals surface area contributed by atoms with E-state index in [-0.39, 0.29) is 0 Å². The third-order valence-electron chi connectivity index (χ3n) is 2.70. The van der Waals surface area contributed by atoms with Crippen LogP contribution in [0.1, 0.15) is 25.3 Å². The van der Waals surface area contributed by atoms with E-state index in [1.165, 1.54) is 5.56 Å². The average Bonchev–Trinajstić information content (AvgIpc) is 2.55. The number of rotatable bonds is 2. The van der Waals surface area contributed by atoms with Crippen LogP contribution in [-0.2, 0) is 7.05 Å². The molecule has 1 aromatic heterocycles. The smallest absolute Gasteiger partial charge is 0.240 e. The van der Waals surface area contributed by atoms with Gasteiger partial charge in [0, 0.05) is 7.05 Å². The molecule has 0 aliphatic heterocycles. The Kier molecular flexibility index (Phi) is 2.39. The van der Waals surface area contributed by atoms with Crippen LogP contribution in [0, 0.1) is 0 Å². The molecular formula is C12H16N2O. The van der Waals surface area contributed by atoms with Crippen molar-refractivity contribution in [3.8, 4) is 5.88 Å². The first-order valence-corrected chi connectivity index (χ1v) is 5.14. The highest BCUT2D eigenvalue weighted by Gasteiger charge is 2.09. The van der Waals surface area contributed by atoms with Crippen molar-refractivity contribution >= 4 is 10.9 Å². The molecule has 1 heterocycles. The number of aromatic nitrogens is 2. The normalized spacial score (nSPS) is 11.3. The van der Waals surface area contributed by atoms with Gasteiger partial charge in [0.1, 0.15) is 0 Å². The maximum atomic E-state index is 5.22. The lowest BCUT2D eigenvalue weighted by Gasteiger charge is -2.05. The first kappa shape index (κ1) is 10.0. The molecule has 0 atom stereocenters. The van der Waals surface area contributed by atoms with Crippen LogP contribution in [0.3, 0.4) is 0 Å². The van der Waals surface area contributed by atoms with E-state index < -0.39 is 0 Å². The fourth-order valence-corrected chi connectivity index (χ4v) is 1.75. The van der Waals surface area contributed by atoms with Crippen molar-refractivity contribution in [1.82, 2.24) is 9.78 Å². The molecule has 0 bridgehead atoms. The van der Waals surface area contributed by atoms with Crippen molar-refractivity contribution in [1.29, 1.82) is 0 Å². The van der Waals surface area contributed by atoms with Crippen molar-refractivity contribution < 1.29 is 4.74 Å². The topological polar surface area (TPSA) is 27.1 Å². The van der Waals surface area contributed by atoms with Crippen molar-refractivity contribution in [2.75, 3.05) is 7.11 Å². The van der Waals surface area contributed by atoms with Crippen LogP contribution in [-0.4, -0.2) is 16.9 Å². The highest BCUT2D eigenvalue weighted by atomic mass is 16.5. The number of benzene rings is 1. The second-order valence-electron chi connectivity index (χ2n) is 4.06. The minimum atomic E-state index is 0.537. The molecule has 2 aromatic rings. The van der Waals surface area contributed by atoms with E-state index in [0.717, 1.165) is 10.9 Å². The van der Waals surface area contributed by atoms with Gasteiger partial charge in [-0.3, -0.25) is 4.68 Å². The molecular weight excluding hydrogens is 188 g/mol. The van der Waals surface area contributed by atoms with Gasteiger partial charge in [-0.25, -0.2) is 0 Å². The monoisotopic (exact) mass is 204 g/mol. The molecule has 0 radical (unpaired) electrons. The van der Waals surface area contributed by atoms with Gasteiger partial charge in [0.25, 0.3) is 0 Å². The third-order valence-corrected chi connectivity index (χ3v) is 2.70. The molecule has 2 rings (SSSR count). The Balaban J connectivity index is 2.66. The summed E-state index contributed by atoms with van der Waals surface area (Å²) in [5.74, 6) is 1.23. The van der Waals surface area contributed by atoms with Gasteiger partial charge in [-0.2, -0.15) is 0 Å². The van der Waals surface area contributed by atoms with Crippen molar-refractivity contribution in [3.63, 3.8) is 0 Å². The van der Waals surface area contributed by atoms with Crippen LogP contribution >= 0.6 is 0 Å². The zero-order valence-electron chi connectivity index (χ0n) is 9.61. The molecule has 0 amide bonds. The van der Waals surface area contributed by atoms with Gasteiger partial charge in [-0.1, -0.05) is 19.9 Å². The minimum absolute atomic E-state index is 0.537. The molecule has 0 fully saturated rings. The lowest BCUT2D eigenvalue weighted by atomic mass is 10.0. The Labute approximate surface area is 89.7 Å². The number of aryl methyl sites for hydroxylation is 1. The van der Waals surface area contributed by atoms with Gasteiger partial charge >= 0.3 is 0 Å². The second-order valence-corrected chi connectivity index (χ2v) is 4.06. The summed E-state index contributed by atoms with van der Waals surface area (Å²) < 4.78 is 7.08. The summed E-state index contributed by atoms with van der Waals surface area (Å²) in [6, 6.07) is 6.39. The summed E-state index contributed by atoms with van der Waals surface area (Å²) in [5.41, 5.74) is 2.45. The number of hydrogen-bond acceptors (Lipinski definition) is 2. The number of ether oxygens (including phenoxy) is 1. The van der Waals surface area contributed by atoms with Crippen LogP contribution < -0.4 is 4.74 Å². The van der Waals surface area contributed by atoms with Gasteiger partial charge in [0.2, 0.25) is 5.88 Å². The van der Waals surface area contributed by atoms with Gasteiger partial charge in [0.05, 0.1) is 18.0 Å². The molecule has 0 saturated heterocycles. The summed E-state index contributed by atoms with van der Waals surface area (Å²) in [6.07, 6.45) is 0. The van der Waals surface area contributed by atoms with E-state index in [0.29, 0.717) is 11.8 Å². The molecule has 0 aliphatic rings. The predicted molar refractivity (Wildman–Crippen MR) is 61.4 cm³/mol. The number of hydrogen-bond donors (Lipinski definition) is 0. The molecule has 80 valence electrons. The number of nitrogens with zero attached hydrogens (tertiary/aromatic N) is 2. The summed E-state index contributed by atoms with van der Waals surface area (Å²) in [5, 5.41) is 5.38. The van der Waals surface area contributed by atoms with Crippen LogP contribution in [0.25, 0.3) is 10.9 Å². The Hall–Kier alpha value is -1.51. The molecule has 0 aliphatic carbocycles. The molecule has 0 N–H and O–H groups in total. The number of fused-ring (bicyclic) bond motifs is 1. The van der Waals surface area contributed by atoms with E-state index in [2.05, 4.69) is 37.1 Å². The lowest BCUT2D eigenvalue weighted by molar-refractivity contribution is 0.396. The number of methoxy groups -OCH3 is 1. The average molecular weight is 204 g/mol. The van der Waals surface area contributed by atoms with Crippen LogP contribution in [0.2, 0.25) is 0 Å². The Morgan fingerprint density at radius 2 is 2.07 bits per heavy atom. The maximum Gasteiger partial charge on any atom is 0.240 e. The van der Waals surface area contributed by atoms with Gasteiger partial charge in [-0.15, -0.1) is 5.10 Å². The summed E-state index contributed by atoms with van der Waals surface area (Å²) in [7, 11) is 3.59. The molecule has 0 saturated carbocycles. The zero-order valence-corrected chi connectivity index (χ0v) is 9.61. The Bertz CT molecular complexity index is 486. The quantitative estimate of drug-likeness (QED) is 0.752. The SMILES string of the molecule is COc1nn(C)c2cc(C(C)C)ccc12.